The normalized spacial score (nSPS) is 10.3. The van der Waals surface area contributed by atoms with E-state index >= 15 is 0 Å². The number of anilines is 1. The predicted molar refractivity (Wildman–Crippen MR) is 93.0 cm³/mol. The van der Waals surface area contributed by atoms with Crippen LogP contribution in [0, 0.1) is 0 Å². The maximum Gasteiger partial charge on any atom is 0.251 e. The Hall–Kier alpha value is -3.42. The van der Waals surface area contributed by atoms with E-state index in [2.05, 4.69) is 25.9 Å². The van der Waals surface area contributed by atoms with Crippen LogP contribution in [0.1, 0.15) is 10.4 Å². The number of methoxy groups -OCH3 is 1. The lowest BCUT2D eigenvalue weighted by Crippen LogP contribution is -2.28. The molecule has 2 N–H and O–H groups in total. The summed E-state index contributed by atoms with van der Waals surface area (Å²) in [6.45, 7) is 0.990. The lowest BCUT2D eigenvalue weighted by Gasteiger charge is -2.08. The van der Waals surface area contributed by atoms with Crippen LogP contribution in [-0.4, -0.2) is 46.1 Å². The highest BCUT2D eigenvalue weighted by Gasteiger charge is 2.06. The number of nitrogens with zero attached hydrogens (tertiary/aromatic N) is 4. The van der Waals surface area contributed by atoms with Gasteiger partial charge in [-0.1, -0.05) is 6.07 Å². The molecule has 1 amide bonds. The first-order valence-electron chi connectivity index (χ1n) is 7.76. The Morgan fingerprint density at radius 2 is 2.08 bits per heavy atom. The van der Waals surface area contributed by atoms with Gasteiger partial charge in [-0.05, 0) is 36.4 Å². The van der Waals surface area contributed by atoms with Crippen LogP contribution in [0.4, 0.5) is 5.82 Å². The van der Waals surface area contributed by atoms with Gasteiger partial charge in [0.2, 0.25) is 0 Å². The molecular formula is C17H18N6O2. The zero-order valence-corrected chi connectivity index (χ0v) is 13.7. The third-order valence-corrected chi connectivity index (χ3v) is 3.44. The second kappa shape index (κ2) is 7.91. The fraction of sp³-hybridized carbons (Fsp3) is 0.176. The van der Waals surface area contributed by atoms with Crippen molar-refractivity contribution >= 4 is 11.7 Å². The average molecular weight is 338 g/mol. The molecule has 0 aliphatic carbocycles. The van der Waals surface area contributed by atoms with Gasteiger partial charge in [0.15, 0.2) is 5.82 Å². The van der Waals surface area contributed by atoms with Crippen LogP contribution in [0.3, 0.4) is 0 Å². The van der Waals surface area contributed by atoms with Gasteiger partial charge in [0.05, 0.1) is 7.11 Å². The molecule has 3 aromatic rings. The van der Waals surface area contributed by atoms with Gasteiger partial charge < -0.3 is 15.4 Å². The standard InChI is InChI=1S/C17H18N6O2/c1-25-14-5-2-4-13(12-14)17(24)19-10-9-18-15-6-7-16(22-21-15)23-11-3-8-20-23/h2-8,11-12H,9-10H2,1H3,(H,18,21)(H,19,24). The molecule has 0 radical (unpaired) electrons. The van der Waals surface area contributed by atoms with Gasteiger partial charge in [-0.3, -0.25) is 4.79 Å². The lowest BCUT2D eigenvalue weighted by atomic mass is 10.2. The molecule has 1 aromatic carbocycles. The van der Waals surface area contributed by atoms with E-state index in [-0.39, 0.29) is 5.91 Å². The third-order valence-electron chi connectivity index (χ3n) is 3.44. The maximum absolute atomic E-state index is 12.1. The summed E-state index contributed by atoms with van der Waals surface area (Å²) in [6.07, 6.45) is 3.48. The van der Waals surface area contributed by atoms with Crippen LogP contribution < -0.4 is 15.4 Å². The van der Waals surface area contributed by atoms with Crippen LogP contribution >= 0.6 is 0 Å². The topological polar surface area (TPSA) is 94.0 Å². The quantitative estimate of drug-likeness (QED) is 0.634. The summed E-state index contributed by atoms with van der Waals surface area (Å²) in [5, 5.41) is 18.2. The summed E-state index contributed by atoms with van der Waals surface area (Å²) in [5.41, 5.74) is 0.558. The fourth-order valence-corrected chi connectivity index (χ4v) is 2.18. The molecule has 2 heterocycles. The molecular weight excluding hydrogens is 320 g/mol. The molecule has 3 rings (SSSR count). The number of nitrogens with one attached hydrogen (secondary N) is 2. The monoisotopic (exact) mass is 338 g/mol. The minimum Gasteiger partial charge on any atom is -0.497 e. The zero-order chi connectivity index (χ0) is 17.5. The number of hydrogen-bond donors (Lipinski definition) is 2. The van der Waals surface area contributed by atoms with Gasteiger partial charge in [0.1, 0.15) is 11.6 Å². The second-order valence-corrected chi connectivity index (χ2v) is 5.14. The van der Waals surface area contributed by atoms with E-state index < -0.39 is 0 Å². The molecule has 2 aromatic heterocycles. The smallest absolute Gasteiger partial charge is 0.251 e. The van der Waals surface area contributed by atoms with Crippen molar-refractivity contribution in [3.63, 3.8) is 0 Å². The van der Waals surface area contributed by atoms with E-state index in [0.717, 1.165) is 0 Å². The Labute approximate surface area is 144 Å². The lowest BCUT2D eigenvalue weighted by molar-refractivity contribution is 0.0955. The molecule has 128 valence electrons. The molecule has 8 heteroatoms. The Balaban J connectivity index is 1.45. The van der Waals surface area contributed by atoms with E-state index in [9.17, 15) is 4.79 Å². The van der Waals surface area contributed by atoms with Gasteiger partial charge >= 0.3 is 0 Å². The van der Waals surface area contributed by atoms with Gasteiger partial charge in [-0.2, -0.15) is 5.10 Å². The first-order chi connectivity index (χ1) is 12.3. The van der Waals surface area contributed by atoms with Crippen molar-refractivity contribution in [2.75, 3.05) is 25.5 Å². The van der Waals surface area contributed by atoms with Crippen molar-refractivity contribution < 1.29 is 9.53 Å². The van der Waals surface area contributed by atoms with Crippen molar-refractivity contribution in [3.05, 3.63) is 60.4 Å². The van der Waals surface area contributed by atoms with E-state index in [0.29, 0.717) is 36.0 Å². The summed E-state index contributed by atoms with van der Waals surface area (Å²) in [7, 11) is 1.57. The summed E-state index contributed by atoms with van der Waals surface area (Å²) >= 11 is 0. The SMILES string of the molecule is COc1cccc(C(=O)NCCNc2ccc(-n3cccn3)nn2)c1. The molecule has 0 saturated heterocycles. The van der Waals surface area contributed by atoms with E-state index in [1.165, 1.54) is 0 Å². The van der Waals surface area contributed by atoms with Crippen LogP contribution in [0.2, 0.25) is 0 Å². The molecule has 0 unspecified atom stereocenters. The van der Waals surface area contributed by atoms with Crippen molar-refractivity contribution in [2.24, 2.45) is 0 Å². The number of amides is 1. The molecule has 0 bridgehead atoms. The molecule has 8 nitrogen and oxygen atoms in total. The van der Waals surface area contributed by atoms with E-state index in [4.69, 9.17) is 4.74 Å². The number of benzene rings is 1. The van der Waals surface area contributed by atoms with Crippen LogP contribution in [0.25, 0.3) is 5.82 Å². The number of carbonyl (C=O) groups excluding carboxylic acids is 1. The van der Waals surface area contributed by atoms with Gasteiger partial charge in [0.25, 0.3) is 5.91 Å². The van der Waals surface area contributed by atoms with Crippen LogP contribution in [0.15, 0.2) is 54.9 Å². The van der Waals surface area contributed by atoms with E-state index in [1.807, 2.05) is 18.2 Å². The summed E-state index contributed by atoms with van der Waals surface area (Å²) < 4.78 is 6.74. The molecule has 0 spiro atoms. The zero-order valence-electron chi connectivity index (χ0n) is 13.7. The Kier molecular flexibility index (Phi) is 5.20. The highest BCUT2D eigenvalue weighted by Crippen LogP contribution is 2.12. The number of aromatic nitrogens is 4. The first kappa shape index (κ1) is 16.4. The highest BCUT2D eigenvalue weighted by molar-refractivity contribution is 5.94. The van der Waals surface area contributed by atoms with E-state index in [1.54, 1.807) is 48.5 Å². The highest BCUT2D eigenvalue weighted by atomic mass is 16.5. The van der Waals surface area contributed by atoms with Crippen molar-refractivity contribution in [1.82, 2.24) is 25.3 Å². The molecule has 0 atom stereocenters. The maximum atomic E-state index is 12.1. The Bertz CT molecular complexity index is 817. The predicted octanol–water partition coefficient (Wildman–Crippen LogP) is 1.51. The largest absolute Gasteiger partial charge is 0.497 e. The first-order valence-corrected chi connectivity index (χ1v) is 7.76. The molecule has 25 heavy (non-hydrogen) atoms. The number of hydrogen-bond acceptors (Lipinski definition) is 6. The molecule has 0 aliphatic heterocycles. The van der Waals surface area contributed by atoms with Crippen molar-refractivity contribution in [1.29, 1.82) is 0 Å². The molecule has 0 saturated carbocycles. The summed E-state index contributed by atoms with van der Waals surface area (Å²) in [4.78, 5) is 12.1. The Morgan fingerprint density at radius 3 is 2.80 bits per heavy atom. The Morgan fingerprint density at radius 1 is 1.16 bits per heavy atom. The van der Waals surface area contributed by atoms with Gasteiger partial charge in [-0.25, -0.2) is 4.68 Å². The molecule has 0 aliphatic rings. The summed E-state index contributed by atoms with van der Waals surface area (Å²) in [5.74, 6) is 1.77. The fourth-order valence-electron chi connectivity index (χ4n) is 2.18. The van der Waals surface area contributed by atoms with Crippen LogP contribution in [-0.2, 0) is 0 Å². The average Bonchev–Trinajstić information content (AvgIpc) is 3.20. The number of ether oxygens (including phenoxy) is 1. The summed E-state index contributed by atoms with van der Waals surface area (Å²) in [6, 6.07) is 12.5. The number of carbonyl (C=O) groups is 1. The third kappa shape index (κ3) is 4.31. The minimum absolute atomic E-state index is 0.152. The van der Waals surface area contributed by atoms with Gasteiger partial charge in [0, 0.05) is 31.0 Å². The van der Waals surface area contributed by atoms with Crippen molar-refractivity contribution in [2.45, 2.75) is 0 Å². The number of rotatable bonds is 7. The van der Waals surface area contributed by atoms with Gasteiger partial charge in [-0.15, -0.1) is 10.2 Å². The van der Waals surface area contributed by atoms with Crippen molar-refractivity contribution in [3.8, 4) is 11.6 Å². The molecule has 0 fully saturated rings. The minimum atomic E-state index is -0.152. The van der Waals surface area contributed by atoms with Crippen LogP contribution in [0.5, 0.6) is 5.75 Å². The second-order valence-electron chi connectivity index (χ2n) is 5.14.